The molecule has 0 aromatic heterocycles. The SMILES string of the molecule is CCN(CC)c1ccc(C=NNC(=O)CCCCC(=O)NN=Cc2ccc(N(CC)CC)cc2O)c(O)c1. The molecule has 0 bridgehead atoms. The molecule has 0 aliphatic heterocycles. The number of benzene rings is 2. The van der Waals surface area contributed by atoms with Gasteiger partial charge in [-0.25, -0.2) is 10.9 Å². The van der Waals surface area contributed by atoms with Crippen molar-refractivity contribution in [1.29, 1.82) is 0 Å². The molecule has 2 amide bonds. The number of phenolic OH excluding ortho intramolecular Hbond substituents is 2. The smallest absolute Gasteiger partial charge is 0.240 e. The van der Waals surface area contributed by atoms with Crippen molar-refractivity contribution in [3.8, 4) is 11.5 Å². The Morgan fingerprint density at radius 2 is 1.08 bits per heavy atom. The summed E-state index contributed by atoms with van der Waals surface area (Å²) in [6, 6.07) is 10.7. The summed E-state index contributed by atoms with van der Waals surface area (Å²) in [5.41, 5.74) is 7.74. The number of carbonyl (C=O) groups is 2. The van der Waals surface area contributed by atoms with Crippen LogP contribution in [0.25, 0.3) is 0 Å². The van der Waals surface area contributed by atoms with Gasteiger partial charge in [0, 0.05) is 73.7 Å². The molecule has 0 saturated carbocycles. The minimum atomic E-state index is -0.275. The van der Waals surface area contributed by atoms with Crippen LogP contribution in [0.5, 0.6) is 11.5 Å². The number of unbranched alkanes of at least 4 members (excludes halogenated alkanes) is 1. The van der Waals surface area contributed by atoms with Crippen LogP contribution >= 0.6 is 0 Å². The minimum Gasteiger partial charge on any atom is -0.507 e. The van der Waals surface area contributed by atoms with Crippen LogP contribution in [0.1, 0.15) is 64.5 Å². The maximum Gasteiger partial charge on any atom is 0.240 e. The van der Waals surface area contributed by atoms with Gasteiger partial charge in [0.1, 0.15) is 11.5 Å². The molecule has 0 fully saturated rings. The van der Waals surface area contributed by atoms with Gasteiger partial charge < -0.3 is 20.0 Å². The van der Waals surface area contributed by atoms with Gasteiger partial charge in [-0.15, -0.1) is 0 Å². The number of hydrazone groups is 2. The van der Waals surface area contributed by atoms with Gasteiger partial charge in [-0.3, -0.25) is 9.59 Å². The van der Waals surface area contributed by atoms with Crippen LogP contribution < -0.4 is 20.7 Å². The minimum absolute atomic E-state index is 0.0907. The quantitative estimate of drug-likeness (QED) is 0.159. The molecule has 2 aromatic rings. The number of carbonyl (C=O) groups excluding carboxylic acids is 2. The highest BCUT2D eigenvalue weighted by Crippen LogP contribution is 2.24. The van der Waals surface area contributed by atoms with Gasteiger partial charge in [-0.2, -0.15) is 10.2 Å². The zero-order chi connectivity index (χ0) is 27.9. The summed E-state index contributed by atoms with van der Waals surface area (Å²) in [5, 5.41) is 28.3. The fourth-order valence-corrected chi connectivity index (χ4v) is 3.88. The first kappa shape index (κ1) is 30.1. The van der Waals surface area contributed by atoms with Gasteiger partial charge in [-0.05, 0) is 64.8 Å². The summed E-state index contributed by atoms with van der Waals surface area (Å²) in [5.74, 6) is -0.369. The normalized spacial score (nSPS) is 11.2. The zero-order valence-electron chi connectivity index (χ0n) is 22.8. The first-order valence-corrected chi connectivity index (χ1v) is 13.1. The molecule has 38 heavy (non-hydrogen) atoms. The van der Waals surface area contributed by atoms with Crippen molar-refractivity contribution in [1.82, 2.24) is 10.9 Å². The van der Waals surface area contributed by atoms with E-state index >= 15 is 0 Å². The highest BCUT2D eigenvalue weighted by atomic mass is 16.3. The van der Waals surface area contributed by atoms with E-state index in [1.165, 1.54) is 12.4 Å². The van der Waals surface area contributed by atoms with Gasteiger partial charge in [0.15, 0.2) is 0 Å². The van der Waals surface area contributed by atoms with Crippen LogP contribution in [0.15, 0.2) is 46.6 Å². The first-order chi connectivity index (χ1) is 18.3. The van der Waals surface area contributed by atoms with Gasteiger partial charge in [0.05, 0.1) is 12.4 Å². The molecule has 0 radical (unpaired) electrons. The maximum absolute atomic E-state index is 12.0. The second-order valence-electron chi connectivity index (χ2n) is 8.62. The molecule has 4 N–H and O–H groups in total. The molecule has 0 unspecified atom stereocenters. The Hall–Kier alpha value is -4.08. The number of hydrogen-bond donors (Lipinski definition) is 4. The van der Waals surface area contributed by atoms with Gasteiger partial charge in [0.25, 0.3) is 0 Å². The van der Waals surface area contributed by atoms with E-state index in [0.29, 0.717) is 24.0 Å². The molecule has 0 aliphatic rings. The third kappa shape index (κ3) is 9.42. The van der Waals surface area contributed by atoms with E-state index in [1.54, 1.807) is 24.3 Å². The molecular formula is C28H40N6O4. The van der Waals surface area contributed by atoms with Crippen LogP contribution in [0.3, 0.4) is 0 Å². The molecule has 10 nitrogen and oxygen atoms in total. The predicted octanol–water partition coefficient (Wildman–Crippen LogP) is 3.95. The van der Waals surface area contributed by atoms with Gasteiger partial charge in [0.2, 0.25) is 11.8 Å². The van der Waals surface area contributed by atoms with E-state index in [0.717, 1.165) is 37.6 Å². The van der Waals surface area contributed by atoms with Crippen LogP contribution in [0, 0.1) is 0 Å². The molecule has 0 saturated heterocycles. The van der Waals surface area contributed by atoms with Crippen molar-refractivity contribution in [2.45, 2.75) is 53.4 Å². The molecule has 0 spiro atoms. The van der Waals surface area contributed by atoms with Crippen LogP contribution in [0.4, 0.5) is 11.4 Å². The van der Waals surface area contributed by atoms with E-state index in [2.05, 4.69) is 30.9 Å². The highest BCUT2D eigenvalue weighted by molar-refractivity contribution is 5.87. The Bertz CT molecular complexity index is 1020. The lowest BCUT2D eigenvalue weighted by Crippen LogP contribution is -2.21. The topological polar surface area (TPSA) is 130 Å². The van der Waals surface area contributed by atoms with Crippen molar-refractivity contribution in [2.24, 2.45) is 10.2 Å². The van der Waals surface area contributed by atoms with E-state index in [-0.39, 0.29) is 36.2 Å². The van der Waals surface area contributed by atoms with Crippen molar-refractivity contribution < 1.29 is 19.8 Å². The van der Waals surface area contributed by atoms with E-state index in [9.17, 15) is 19.8 Å². The molecule has 2 aromatic carbocycles. The van der Waals surface area contributed by atoms with Crippen molar-refractivity contribution >= 4 is 35.6 Å². The van der Waals surface area contributed by atoms with Crippen molar-refractivity contribution in [3.63, 3.8) is 0 Å². The standard InChI is InChI=1S/C28H40N6O4/c1-5-33(6-2)23-15-13-21(25(35)17-23)19-29-31-27(37)11-9-10-12-28(38)32-30-20-22-14-16-24(18-26(22)36)34(7-3)8-4/h13-20,35-36H,5-12H2,1-4H3,(H,31,37)(H,32,38). The Morgan fingerprint density at radius 1 is 0.711 bits per heavy atom. The lowest BCUT2D eigenvalue weighted by Gasteiger charge is -2.21. The summed E-state index contributed by atoms with van der Waals surface area (Å²) < 4.78 is 0. The highest BCUT2D eigenvalue weighted by Gasteiger charge is 2.08. The first-order valence-electron chi connectivity index (χ1n) is 13.1. The number of anilines is 2. The molecule has 0 heterocycles. The number of phenols is 2. The summed E-state index contributed by atoms with van der Waals surface area (Å²) in [4.78, 5) is 28.2. The predicted molar refractivity (Wildman–Crippen MR) is 153 cm³/mol. The molecule has 0 atom stereocenters. The third-order valence-corrected chi connectivity index (χ3v) is 6.13. The second-order valence-corrected chi connectivity index (χ2v) is 8.62. The lowest BCUT2D eigenvalue weighted by atomic mass is 10.2. The molecular weight excluding hydrogens is 484 g/mol. The largest absolute Gasteiger partial charge is 0.507 e. The average Bonchev–Trinajstić information content (AvgIpc) is 2.90. The lowest BCUT2D eigenvalue weighted by molar-refractivity contribution is -0.123. The number of aromatic hydroxyl groups is 2. The summed E-state index contributed by atoms with van der Waals surface area (Å²) in [6.45, 7) is 11.5. The van der Waals surface area contributed by atoms with Crippen LogP contribution in [0.2, 0.25) is 0 Å². The molecule has 0 aliphatic carbocycles. The Labute approximate surface area is 225 Å². The third-order valence-electron chi connectivity index (χ3n) is 6.13. The summed E-state index contributed by atoms with van der Waals surface area (Å²) in [7, 11) is 0. The average molecular weight is 525 g/mol. The van der Waals surface area contributed by atoms with Crippen molar-refractivity contribution in [3.05, 3.63) is 47.5 Å². The Kier molecular flexibility index (Phi) is 12.6. The zero-order valence-corrected chi connectivity index (χ0v) is 22.8. The van der Waals surface area contributed by atoms with Crippen molar-refractivity contribution in [2.75, 3.05) is 36.0 Å². The number of nitrogens with one attached hydrogen (secondary N) is 2. The fraction of sp³-hybridized carbons (Fsp3) is 0.429. The summed E-state index contributed by atoms with van der Waals surface area (Å²) in [6.07, 6.45) is 4.26. The van der Waals surface area contributed by atoms with E-state index < -0.39 is 0 Å². The molecule has 10 heteroatoms. The summed E-state index contributed by atoms with van der Waals surface area (Å²) >= 11 is 0. The van der Waals surface area contributed by atoms with Crippen LogP contribution in [-0.4, -0.2) is 60.6 Å². The molecule has 2 rings (SSSR count). The number of rotatable bonds is 15. The van der Waals surface area contributed by atoms with Gasteiger partial charge >= 0.3 is 0 Å². The second kappa shape index (κ2) is 15.9. The number of hydrogen-bond acceptors (Lipinski definition) is 8. The Balaban J connectivity index is 1.69. The number of amides is 2. The Morgan fingerprint density at radius 3 is 1.39 bits per heavy atom. The number of nitrogens with zero attached hydrogens (tertiary/aromatic N) is 4. The maximum atomic E-state index is 12.0. The molecule has 206 valence electrons. The van der Waals surface area contributed by atoms with E-state index in [1.807, 2.05) is 39.8 Å². The fourth-order valence-electron chi connectivity index (χ4n) is 3.88. The monoisotopic (exact) mass is 524 g/mol. The van der Waals surface area contributed by atoms with Crippen LogP contribution in [-0.2, 0) is 9.59 Å². The van der Waals surface area contributed by atoms with E-state index in [4.69, 9.17) is 0 Å². The van der Waals surface area contributed by atoms with Gasteiger partial charge in [-0.1, -0.05) is 0 Å².